The van der Waals surface area contributed by atoms with Gasteiger partial charge in [0.25, 0.3) is 0 Å². The summed E-state index contributed by atoms with van der Waals surface area (Å²) < 4.78 is 5.80. The van der Waals surface area contributed by atoms with Crippen molar-refractivity contribution in [1.82, 2.24) is 0 Å². The summed E-state index contributed by atoms with van der Waals surface area (Å²) in [5.41, 5.74) is 1.76. The number of aryl methyl sites for hydroxylation is 1. The molecule has 17 heavy (non-hydrogen) atoms. The van der Waals surface area contributed by atoms with Gasteiger partial charge in [-0.1, -0.05) is 26.0 Å². The fraction of sp³-hybridized carbons (Fsp3) is 0.600. The van der Waals surface area contributed by atoms with Crippen LogP contribution in [0.1, 0.15) is 51.2 Å². The third-order valence-corrected chi connectivity index (χ3v) is 2.76. The summed E-state index contributed by atoms with van der Waals surface area (Å²) in [6.45, 7) is 10.5. The molecule has 96 valence electrons. The van der Waals surface area contributed by atoms with Gasteiger partial charge in [0.05, 0.1) is 12.2 Å². The maximum Gasteiger partial charge on any atom is 0.123 e. The molecule has 1 aromatic rings. The molecule has 0 heterocycles. The molecule has 2 heteroatoms. The van der Waals surface area contributed by atoms with Crippen LogP contribution >= 0.6 is 0 Å². The van der Waals surface area contributed by atoms with E-state index in [4.69, 9.17) is 4.74 Å². The first-order valence-corrected chi connectivity index (χ1v) is 6.25. The minimum Gasteiger partial charge on any atom is -0.493 e. The number of aliphatic hydroxyl groups is 1. The van der Waals surface area contributed by atoms with E-state index in [9.17, 15) is 5.11 Å². The molecule has 1 rings (SSSR count). The fourth-order valence-electron chi connectivity index (χ4n) is 1.65. The number of benzene rings is 1. The molecule has 0 bridgehead atoms. The van der Waals surface area contributed by atoms with Gasteiger partial charge in [-0.15, -0.1) is 0 Å². The number of hydrogen-bond donors (Lipinski definition) is 1. The Balaban J connectivity index is 2.72. The molecule has 0 atom stereocenters. The molecule has 1 N–H and O–H groups in total. The quantitative estimate of drug-likeness (QED) is 0.845. The number of rotatable bonds is 5. The van der Waals surface area contributed by atoms with Gasteiger partial charge < -0.3 is 9.84 Å². The van der Waals surface area contributed by atoms with E-state index in [2.05, 4.69) is 39.0 Å². The summed E-state index contributed by atoms with van der Waals surface area (Å²) in [7, 11) is 0. The van der Waals surface area contributed by atoms with Crippen molar-refractivity contribution in [2.75, 3.05) is 6.61 Å². The second kappa shape index (κ2) is 5.54. The van der Waals surface area contributed by atoms with Crippen LogP contribution < -0.4 is 4.74 Å². The molecule has 0 aliphatic rings. The van der Waals surface area contributed by atoms with Crippen LogP contribution in [0.25, 0.3) is 0 Å². The SMILES string of the molecule is Cc1ccc(C(C)C)c(OCCC(C)(C)O)c1. The summed E-state index contributed by atoms with van der Waals surface area (Å²) >= 11 is 0. The van der Waals surface area contributed by atoms with E-state index in [1.54, 1.807) is 13.8 Å². The van der Waals surface area contributed by atoms with E-state index >= 15 is 0 Å². The average molecular weight is 236 g/mol. The minimum absolute atomic E-state index is 0.452. The highest BCUT2D eigenvalue weighted by Crippen LogP contribution is 2.27. The zero-order chi connectivity index (χ0) is 13.1. The number of hydrogen-bond acceptors (Lipinski definition) is 2. The Bertz CT molecular complexity index is 362. The van der Waals surface area contributed by atoms with E-state index in [0.717, 1.165) is 5.75 Å². The highest BCUT2D eigenvalue weighted by atomic mass is 16.5. The summed E-state index contributed by atoms with van der Waals surface area (Å²) in [6, 6.07) is 6.30. The van der Waals surface area contributed by atoms with Gasteiger partial charge in [-0.05, 0) is 43.9 Å². The average Bonchev–Trinajstić information content (AvgIpc) is 2.15. The van der Waals surface area contributed by atoms with E-state index in [0.29, 0.717) is 18.9 Å². The van der Waals surface area contributed by atoms with Crippen LogP contribution in [0.4, 0.5) is 0 Å². The molecule has 0 amide bonds. The lowest BCUT2D eigenvalue weighted by Crippen LogP contribution is -2.22. The van der Waals surface area contributed by atoms with Gasteiger partial charge >= 0.3 is 0 Å². The minimum atomic E-state index is -0.665. The molecular weight excluding hydrogens is 212 g/mol. The smallest absolute Gasteiger partial charge is 0.123 e. The van der Waals surface area contributed by atoms with Crippen molar-refractivity contribution in [3.63, 3.8) is 0 Å². The van der Waals surface area contributed by atoms with Gasteiger partial charge in [-0.3, -0.25) is 0 Å². The van der Waals surface area contributed by atoms with E-state index in [1.807, 2.05) is 0 Å². The Morgan fingerprint density at radius 2 is 1.94 bits per heavy atom. The lowest BCUT2D eigenvalue weighted by molar-refractivity contribution is 0.0552. The summed E-state index contributed by atoms with van der Waals surface area (Å²) in [5, 5.41) is 9.65. The standard InChI is InChI=1S/C15H24O2/c1-11(2)13-7-6-12(3)10-14(13)17-9-8-15(4,5)16/h6-7,10-11,16H,8-9H2,1-5H3. The van der Waals surface area contributed by atoms with Gasteiger partial charge in [0.1, 0.15) is 5.75 Å². The van der Waals surface area contributed by atoms with Crippen molar-refractivity contribution >= 4 is 0 Å². The molecular formula is C15H24O2. The van der Waals surface area contributed by atoms with Crippen molar-refractivity contribution in [3.8, 4) is 5.75 Å². The van der Waals surface area contributed by atoms with Crippen molar-refractivity contribution in [1.29, 1.82) is 0 Å². The first-order valence-electron chi connectivity index (χ1n) is 6.25. The third-order valence-electron chi connectivity index (χ3n) is 2.76. The molecule has 0 unspecified atom stereocenters. The maximum absolute atomic E-state index is 9.65. The van der Waals surface area contributed by atoms with Crippen molar-refractivity contribution in [2.45, 2.75) is 52.6 Å². The van der Waals surface area contributed by atoms with Gasteiger partial charge in [0.2, 0.25) is 0 Å². The van der Waals surface area contributed by atoms with Crippen molar-refractivity contribution in [3.05, 3.63) is 29.3 Å². The summed E-state index contributed by atoms with van der Waals surface area (Å²) in [6.07, 6.45) is 0.637. The molecule has 0 aliphatic carbocycles. The molecule has 0 saturated heterocycles. The topological polar surface area (TPSA) is 29.5 Å². The van der Waals surface area contributed by atoms with Crippen LogP contribution in [0.3, 0.4) is 0 Å². The fourth-order valence-corrected chi connectivity index (χ4v) is 1.65. The highest BCUT2D eigenvalue weighted by Gasteiger charge is 2.13. The summed E-state index contributed by atoms with van der Waals surface area (Å²) in [4.78, 5) is 0. The van der Waals surface area contributed by atoms with Crippen LogP contribution in [0.15, 0.2) is 18.2 Å². The zero-order valence-corrected chi connectivity index (χ0v) is 11.6. The van der Waals surface area contributed by atoms with Gasteiger partial charge in [0, 0.05) is 6.42 Å². The molecule has 0 aromatic heterocycles. The Morgan fingerprint density at radius 1 is 1.29 bits per heavy atom. The monoisotopic (exact) mass is 236 g/mol. The first kappa shape index (κ1) is 14.0. The largest absolute Gasteiger partial charge is 0.493 e. The molecule has 0 spiro atoms. The normalized spacial score (nSPS) is 11.9. The predicted octanol–water partition coefficient (Wildman–Crippen LogP) is 3.66. The van der Waals surface area contributed by atoms with E-state index in [-0.39, 0.29) is 0 Å². The van der Waals surface area contributed by atoms with Gasteiger partial charge in [0.15, 0.2) is 0 Å². The van der Waals surface area contributed by atoms with E-state index < -0.39 is 5.60 Å². The van der Waals surface area contributed by atoms with Crippen LogP contribution in [-0.4, -0.2) is 17.3 Å². The molecule has 2 nitrogen and oxygen atoms in total. The second-order valence-corrected chi connectivity index (χ2v) is 5.61. The Morgan fingerprint density at radius 3 is 2.47 bits per heavy atom. The lowest BCUT2D eigenvalue weighted by Gasteiger charge is -2.19. The lowest BCUT2D eigenvalue weighted by atomic mass is 10.0. The van der Waals surface area contributed by atoms with Crippen molar-refractivity contribution < 1.29 is 9.84 Å². The van der Waals surface area contributed by atoms with Gasteiger partial charge in [-0.2, -0.15) is 0 Å². The Hall–Kier alpha value is -1.02. The van der Waals surface area contributed by atoms with Crippen LogP contribution in [-0.2, 0) is 0 Å². The van der Waals surface area contributed by atoms with Crippen LogP contribution in [0.5, 0.6) is 5.75 Å². The third kappa shape index (κ3) is 4.78. The molecule has 0 radical (unpaired) electrons. The zero-order valence-electron chi connectivity index (χ0n) is 11.6. The highest BCUT2D eigenvalue weighted by molar-refractivity contribution is 5.39. The molecule has 0 fully saturated rings. The van der Waals surface area contributed by atoms with Crippen LogP contribution in [0, 0.1) is 6.92 Å². The Kier molecular flexibility index (Phi) is 4.58. The summed E-state index contributed by atoms with van der Waals surface area (Å²) in [5.74, 6) is 1.40. The maximum atomic E-state index is 9.65. The Labute approximate surface area is 105 Å². The molecule has 0 saturated carbocycles. The molecule has 0 aliphatic heterocycles. The van der Waals surface area contributed by atoms with Crippen LogP contribution in [0.2, 0.25) is 0 Å². The number of ether oxygens (including phenoxy) is 1. The van der Waals surface area contributed by atoms with Gasteiger partial charge in [-0.25, -0.2) is 0 Å². The molecule has 1 aromatic carbocycles. The van der Waals surface area contributed by atoms with E-state index in [1.165, 1.54) is 11.1 Å². The first-order chi connectivity index (χ1) is 7.79. The second-order valence-electron chi connectivity index (χ2n) is 5.61. The van der Waals surface area contributed by atoms with Crippen molar-refractivity contribution in [2.24, 2.45) is 0 Å². The predicted molar refractivity (Wildman–Crippen MR) is 71.7 cm³/mol.